The van der Waals surface area contributed by atoms with Crippen LogP contribution in [0.4, 0.5) is 0 Å². The zero-order valence-electron chi connectivity index (χ0n) is 7.57. The molecule has 0 unspecified atom stereocenters. The summed E-state index contributed by atoms with van der Waals surface area (Å²) in [6, 6.07) is 7.73. The molecule has 0 aliphatic heterocycles. The summed E-state index contributed by atoms with van der Waals surface area (Å²) < 4.78 is 13.2. The molecule has 0 bridgehead atoms. The van der Waals surface area contributed by atoms with Gasteiger partial charge in [0.05, 0.1) is 4.90 Å². The van der Waals surface area contributed by atoms with Crippen molar-refractivity contribution in [1.29, 1.82) is 0 Å². The molecule has 1 rings (SSSR count). The van der Waals surface area contributed by atoms with Crippen molar-refractivity contribution in [3.05, 3.63) is 29.8 Å². The third kappa shape index (κ3) is 2.16. The molecule has 0 aromatic heterocycles. The van der Waals surface area contributed by atoms with Gasteiger partial charge in [0, 0.05) is 0 Å². The number of nitrogens with zero attached hydrogens (tertiary/aromatic N) is 1. The van der Waals surface area contributed by atoms with Gasteiger partial charge in [-0.3, -0.25) is 0 Å². The van der Waals surface area contributed by atoms with Gasteiger partial charge in [-0.25, -0.2) is 8.51 Å². The Labute approximate surface area is 75.8 Å². The third-order valence-corrected chi connectivity index (χ3v) is 2.89. The minimum atomic E-state index is -1.01. The maximum Gasteiger partial charge on any atom is 0.127 e. The molecule has 0 heterocycles. The molecule has 66 valence electrons. The Bertz CT molecular complexity index is 279. The van der Waals surface area contributed by atoms with Gasteiger partial charge in [-0.05, 0) is 33.2 Å². The zero-order valence-corrected chi connectivity index (χ0v) is 8.39. The molecule has 0 N–H and O–H groups in total. The Morgan fingerprint density at radius 3 is 2.08 bits per heavy atom. The van der Waals surface area contributed by atoms with E-state index in [1.807, 2.05) is 31.2 Å². The van der Waals surface area contributed by atoms with Crippen LogP contribution in [-0.2, 0) is 11.0 Å². The molecule has 0 radical (unpaired) electrons. The molecule has 1 aromatic carbocycles. The zero-order chi connectivity index (χ0) is 9.14. The fraction of sp³-hybridized carbons (Fsp3) is 0.333. The average molecular weight is 183 g/mol. The quantitative estimate of drug-likeness (QED) is 0.681. The number of aryl methyl sites for hydroxylation is 1. The van der Waals surface area contributed by atoms with Crippen LogP contribution in [0.5, 0.6) is 0 Å². The van der Waals surface area contributed by atoms with Crippen LogP contribution in [-0.4, -0.2) is 22.6 Å². The van der Waals surface area contributed by atoms with Gasteiger partial charge in [0.15, 0.2) is 0 Å². The van der Waals surface area contributed by atoms with Crippen LogP contribution in [0.15, 0.2) is 29.2 Å². The summed E-state index contributed by atoms with van der Waals surface area (Å²) in [5.74, 6) is 0. The molecule has 0 saturated heterocycles. The van der Waals surface area contributed by atoms with Gasteiger partial charge in [-0.1, -0.05) is 17.7 Å². The lowest BCUT2D eigenvalue weighted by molar-refractivity contribution is 0.603. The highest BCUT2D eigenvalue weighted by molar-refractivity contribution is 7.82. The van der Waals surface area contributed by atoms with Gasteiger partial charge in [-0.15, -0.1) is 0 Å². The van der Waals surface area contributed by atoms with Crippen molar-refractivity contribution in [2.45, 2.75) is 11.8 Å². The van der Waals surface area contributed by atoms with Gasteiger partial charge < -0.3 is 0 Å². The van der Waals surface area contributed by atoms with Crippen LogP contribution >= 0.6 is 0 Å². The minimum Gasteiger partial charge on any atom is -0.237 e. The van der Waals surface area contributed by atoms with E-state index in [2.05, 4.69) is 0 Å². The fourth-order valence-electron chi connectivity index (χ4n) is 0.866. The van der Waals surface area contributed by atoms with Crippen molar-refractivity contribution in [3.63, 3.8) is 0 Å². The van der Waals surface area contributed by atoms with Crippen molar-refractivity contribution in [3.8, 4) is 0 Å². The van der Waals surface area contributed by atoms with E-state index >= 15 is 0 Å². The lowest BCUT2D eigenvalue weighted by Gasteiger charge is -2.08. The number of hydrogen-bond acceptors (Lipinski definition) is 1. The average Bonchev–Trinajstić information content (AvgIpc) is 2.04. The number of hydrogen-bond donors (Lipinski definition) is 0. The molecular formula is C9H13NOS. The summed E-state index contributed by atoms with van der Waals surface area (Å²) in [6.45, 7) is 2.02. The molecule has 0 aliphatic carbocycles. The Hall–Kier alpha value is -0.670. The lowest BCUT2D eigenvalue weighted by Crippen LogP contribution is -2.15. The second-order valence-corrected chi connectivity index (χ2v) is 4.57. The molecule has 0 saturated carbocycles. The summed E-state index contributed by atoms with van der Waals surface area (Å²) in [6.07, 6.45) is 0. The smallest absolute Gasteiger partial charge is 0.127 e. The van der Waals surface area contributed by atoms with E-state index in [1.54, 1.807) is 18.4 Å². The van der Waals surface area contributed by atoms with E-state index in [4.69, 9.17) is 0 Å². The highest BCUT2D eigenvalue weighted by Gasteiger charge is 2.04. The summed E-state index contributed by atoms with van der Waals surface area (Å²) >= 11 is 0. The highest BCUT2D eigenvalue weighted by atomic mass is 32.2. The first kappa shape index (κ1) is 9.42. The van der Waals surface area contributed by atoms with Gasteiger partial charge in [0.1, 0.15) is 11.0 Å². The van der Waals surface area contributed by atoms with Crippen molar-refractivity contribution < 1.29 is 4.21 Å². The lowest BCUT2D eigenvalue weighted by atomic mass is 10.2. The van der Waals surface area contributed by atoms with Gasteiger partial charge in [-0.2, -0.15) is 0 Å². The predicted molar refractivity (Wildman–Crippen MR) is 51.3 cm³/mol. The normalized spacial score (nSPS) is 13.3. The summed E-state index contributed by atoms with van der Waals surface area (Å²) in [5, 5.41) is 0. The molecular weight excluding hydrogens is 170 g/mol. The summed E-state index contributed by atoms with van der Waals surface area (Å²) in [7, 11) is 2.59. The van der Waals surface area contributed by atoms with E-state index in [1.165, 1.54) is 5.56 Å². The Morgan fingerprint density at radius 1 is 1.17 bits per heavy atom. The highest BCUT2D eigenvalue weighted by Crippen LogP contribution is 2.09. The monoisotopic (exact) mass is 183 g/mol. The van der Waals surface area contributed by atoms with E-state index in [9.17, 15) is 4.21 Å². The van der Waals surface area contributed by atoms with Crippen LogP contribution in [0.3, 0.4) is 0 Å². The second-order valence-electron chi connectivity index (χ2n) is 2.87. The number of rotatable bonds is 2. The van der Waals surface area contributed by atoms with Gasteiger partial charge in [0.25, 0.3) is 0 Å². The third-order valence-electron chi connectivity index (χ3n) is 1.55. The second kappa shape index (κ2) is 3.83. The first-order valence-electron chi connectivity index (χ1n) is 3.77. The van der Waals surface area contributed by atoms with Crippen LogP contribution in [0.2, 0.25) is 0 Å². The first-order valence-corrected chi connectivity index (χ1v) is 4.88. The van der Waals surface area contributed by atoms with E-state index in [0.29, 0.717) is 0 Å². The van der Waals surface area contributed by atoms with E-state index in [0.717, 1.165) is 4.90 Å². The fourth-order valence-corrected chi connectivity index (χ4v) is 1.66. The predicted octanol–water partition coefficient (Wildman–Crippen LogP) is 1.58. The standard InChI is InChI=1S/C9H13NOS/c1-8-4-6-9(7-5-8)12(11)10(2)3/h4-7H,1-3H3/t12-/m0/s1. The first-order chi connectivity index (χ1) is 5.61. The van der Waals surface area contributed by atoms with Crippen molar-refractivity contribution >= 4 is 11.0 Å². The van der Waals surface area contributed by atoms with Crippen LogP contribution in [0.25, 0.3) is 0 Å². The Kier molecular flexibility index (Phi) is 3.00. The Balaban J connectivity index is 2.90. The van der Waals surface area contributed by atoms with Crippen LogP contribution in [0, 0.1) is 6.92 Å². The summed E-state index contributed by atoms with van der Waals surface area (Å²) in [5.41, 5.74) is 1.19. The largest absolute Gasteiger partial charge is 0.237 e. The van der Waals surface area contributed by atoms with Crippen LogP contribution < -0.4 is 0 Å². The SMILES string of the molecule is Cc1ccc([S@](=O)N(C)C)cc1. The molecule has 2 nitrogen and oxygen atoms in total. The number of benzene rings is 1. The molecule has 0 amide bonds. The molecule has 0 fully saturated rings. The molecule has 12 heavy (non-hydrogen) atoms. The molecule has 0 aliphatic rings. The molecule has 1 aromatic rings. The van der Waals surface area contributed by atoms with Gasteiger partial charge in [0.2, 0.25) is 0 Å². The topological polar surface area (TPSA) is 20.3 Å². The molecule has 1 atom stereocenters. The maximum absolute atomic E-state index is 11.5. The van der Waals surface area contributed by atoms with E-state index < -0.39 is 11.0 Å². The van der Waals surface area contributed by atoms with Crippen molar-refractivity contribution in [2.24, 2.45) is 0 Å². The van der Waals surface area contributed by atoms with Crippen LogP contribution in [0.1, 0.15) is 5.56 Å². The summed E-state index contributed by atoms with van der Waals surface area (Å²) in [4.78, 5) is 0.852. The maximum atomic E-state index is 11.5. The van der Waals surface area contributed by atoms with Crippen molar-refractivity contribution in [2.75, 3.05) is 14.1 Å². The molecule has 3 heteroatoms. The van der Waals surface area contributed by atoms with Crippen molar-refractivity contribution in [1.82, 2.24) is 4.31 Å². The Morgan fingerprint density at radius 2 is 1.67 bits per heavy atom. The van der Waals surface area contributed by atoms with E-state index in [-0.39, 0.29) is 0 Å². The molecule has 0 spiro atoms. The van der Waals surface area contributed by atoms with Gasteiger partial charge >= 0.3 is 0 Å². The minimum absolute atomic E-state index is 0.852.